The number of nitrogens with zero attached hydrogens (tertiary/aromatic N) is 2. The number of hydrogen-bond donors (Lipinski definition) is 1. The van der Waals surface area contributed by atoms with E-state index in [9.17, 15) is 10.1 Å². The summed E-state index contributed by atoms with van der Waals surface area (Å²) in [6.07, 6.45) is 1.44. The largest absolute Gasteiger partial charge is 0.493 e. The van der Waals surface area contributed by atoms with Gasteiger partial charge in [-0.3, -0.25) is 10.1 Å². The van der Waals surface area contributed by atoms with Crippen LogP contribution in [0, 0.1) is 10.1 Å². The molecule has 24 heavy (non-hydrogen) atoms. The molecule has 1 N–H and O–H groups in total. The van der Waals surface area contributed by atoms with Crippen LogP contribution in [0.15, 0.2) is 41.5 Å². The lowest BCUT2D eigenvalue weighted by Crippen LogP contribution is -2.06. The summed E-state index contributed by atoms with van der Waals surface area (Å²) in [4.78, 5) is 10.3. The Balaban J connectivity index is 2.03. The zero-order chi connectivity index (χ0) is 17.5. The number of benzene rings is 2. The van der Waals surface area contributed by atoms with Gasteiger partial charge in [-0.05, 0) is 23.8 Å². The van der Waals surface area contributed by atoms with Crippen LogP contribution in [0.3, 0.4) is 0 Å². The Morgan fingerprint density at radius 1 is 1.21 bits per heavy atom. The first-order valence-electron chi connectivity index (χ1n) is 6.96. The molecule has 2 rings (SSSR count). The summed E-state index contributed by atoms with van der Waals surface area (Å²) in [5.41, 5.74) is 4.22. The summed E-state index contributed by atoms with van der Waals surface area (Å²) >= 11 is 6.00. The molecule has 0 aliphatic rings. The van der Waals surface area contributed by atoms with Crippen molar-refractivity contribution in [1.82, 2.24) is 5.43 Å². The molecule has 0 unspecified atom stereocenters. The third kappa shape index (κ3) is 4.36. The normalized spacial score (nSPS) is 10.6. The fraction of sp³-hybridized carbons (Fsp3) is 0.188. The van der Waals surface area contributed by atoms with Crippen molar-refractivity contribution in [2.24, 2.45) is 5.10 Å². The van der Waals surface area contributed by atoms with Crippen LogP contribution in [-0.2, 0) is 6.54 Å². The molecule has 0 spiro atoms. The number of methoxy groups -OCH3 is 2. The van der Waals surface area contributed by atoms with Gasteiger partial charge in [-0.1, -0.05) is 17.7 Å². The molecular formula is C16H16ClN3O4. The van der Waals surface area contributed by atoms with Crippen LogP contribution in [0.2, 0.25) is 5.02 Å². The molecule has 2 aromatic rings. The maximum atomic E-state index is 10.8. The van der Waals surface area contributed by atoms with E-state index in [0.717, 1.165) is 5.56 Å². The van der Waals surface area contributed by atoms with Crippen molar-refractivity contribution >= 4 is 23.5 Å². The van der Waals surface area contributed by atoms with Crippen LogP contribution >= 0.6 is 11.6 Å². The molecule has 0 amide bonds. The molecule has 0 aromatic heterocycles. The second-order valence-electron chi connectivity index (χ2n) is 4.75. The predicted molar refractivity (Wildman–Crippen MR) is 92.1 cm³/mol. The summed E-state index contributed by atoms with van der Waals surface area (Å²) in [5, 5.41) is 15.2. The number of nitrogens with one attached hydrogen (secondary N) is 1. The first kappa shape index (κ1) is 17.6. The molecule has 0 aliphatic carbocycles. The fourth-order valence-corrected chi connectivity index (χ4v) is 2.15. The SMILES string of the molecule is COc1ccc(CN/N=C/c2cc([N+](=O)[O-])ccc2Cl)cc1OC. The molecule has 0 saturated heterocycles. The standard InChI is InChI=1S/C16H16ClN3O4/c1-23-15-6-3-11(7-16(15)24-2)9-18-19-10-12-8-13(20(21)22)4-5-14(12)17/h3-8,10,18H,9H2,1-2H3/b19-10+. The van der Waals surface area contributed by atoms with E-state index < -0.39 is 4.92 Å². The molecule has 0 heterocycles. The van der Waals surface area contributed by atoms with E-state index in [1.54, 1.807) is 20.3 Å². The van der Waals surface area contributed by atoms with Crippen molar-refractivity contribution in [2.75, 3.05) is 14.2 Å². The van der Waals surface area contributed by atoms with Crippen molar-refractivity contribution in [2.45, 2.75) is 6.54 Å². The average molecular weight is 350 g/mol. The zero-order valence-electron chi connectivity index (χ0n) is 13.2. The molecule has 0 bridgehead atoms. The lowest BCUT2D eigenvalue weighted by Gasteiger charge is -2.09. The lowest BCUT2D eigenvalue weighted by molar-refractivity contribution is -0.384. The molecular weight excluding hydrogens is 334 g/mol. The van der Waals surface area contributed by atoms with Gasteiger partial charge in [-0.25, -0.2) is 0 Å². The molecule has 8 heteroatoms. The molecule has 0 saturated carbocycles. The van der Waals surface area contributed by atoms with Gasteiger partial charge < -0.3 is 14.9 Å². The van der Waals surface area contributed by atoms with Gasteiger partial charge in [0.1, 0.15) is 0 Å². The Morgan fingerprint density at radius 2 is 1.96 bits per heavy atom. The third-order valence-electron chi connectivity index (χ3n) is 3.22. The van der Waals surface area contributed by atoms with Crippen LogP contribution in [0.1, 0.15) is 11.1 Å². The minimum absolute atomic E-state index is 0.0410. The number of nitro benzene ring substituents is 1. The minimum Gasteiger partial charge on any atom is -0.493 e. The highest BCUT2D eigenvalue weighted by molar-refractivity contribution is 6.33. The van der Waals surface area contributed by atoms with Gasteiger partial charge in [0, 0.05) is 22.7 Å². The number of rotatable bonds is 7. The number of nitro groups is 1. The van der Waals surface area contributed by atoms with E-state index in [2.05, 4.69) is 10.5 Å². The predicted octanol–water partition coefficient (Wildman–Crippen LogP) is 3.39. The summed E-state index contributed by atoms with van der Waals surface area (Å²) in [6.45, 7) is 0.448. The number of hydrogen-bond acceptors (Lipinski definition) is 6. The highest BCUT2D eigenvalue weighted by atomic mass is 35.5. The van der Waals surface area contributed by atoms with Gasteiger partial charge in [0.05, 0.1) is 31.9 Å². The van der Waals surface area contributed by atoms with Gasteiger partial charge in [-0.2, -0.15) is 5.10 Å². The van der Waals surface area contributed by atoms with E-state index in [1.165, 1.54) is 24.4 Å². The van der Waals surface area contributed by atoms with Crippen LogP contribution in [0.4, 0.5) is 5.69 Å². The summed E-state index contributed by atoms with van der Waals surface area (Å²) < 4.78 is 10.4. The molecule has 2 aromatic carbocycles. The summed E-state index contributed by atoms with van der Waals surface area (Å²) in [5.74, 6) is 1.27. The smallest absolute Gasteiger partial charge is 0.270 e. The Hall–Kier alpha value is -2.80. The first-order valence-corrected chi connectivity index (χ1v) is 7.33. The molecule has 7 nitrogen and oxygen atoms in total. The maximum Gasteiger partial charge on any atom is 0.270 e. The van der Waals surface area contributed by atoms with Gasteiger partial charge in [0.2, 0.25) is 0 Å². The molecule has 0 fully saturated rings. The van der Waals surface area contributed by atoms with Crippen molar-refractivity contribution < 1.29 is 14.4 Å². The van der Waals surface area contributed by atoms with Crippen molar-refractivity contribution in [3.8, 4) is 11.5 Å². The second-order valence-corrected chi connectivity index (χ2v) is 5.15. The number of ether oxygens (including phenoxy) is 2. The maximum absolute atomic E-state index is 10.8. The monoisotopic (exact) mass is 349 g/mol. The van der Waals surface area contributed by atoms with Gasteiger partial charge in [-0.15, -0.1) is 0 Å². The van der Waals surface area contributed by atoms with Crippen molar-refractivity contribution in [3.63, 3.8) is 0 Å². The van der Waals surface area contributed by atoms with E-state index in [1.807, 2.05) is 12.1 Å². The van der Waals surface area contributed by atoms with Crippen LogP contribution in [0.5, 0.6) is 11.5 Å². The summed E-state index contributed by atoms with van der Waals surface area (Å²) in [7, 11) is 3.14. The van der Waals surface area contributed by atoms with Crippen LogP contribution < -0.4 is 14.9 Å². The number of hydrazone groups is 1. The van der Waals surface area contributed by atoms with Crippen LogP contribution in [0.25, 0.3) is 0 Å². The summed E-state index contributed by atoms with van der Waals surface area (Å²) in [6, 6.07) is 9.69. The second kappa shape index (κ2) is 8.16. The van der Waals surface area contributed by atoms with Gasteiger partial charge in [0.25, 0.3) is 5.69 Å². The number of halogens is 1. The Morgan fingerprint density at radius 3 is 2.62 bits per heavy atom. The quantitative estimate of drug-likeness (QED) is 0.470. The lowest BCUT2D eigenvalue weighted by atomic mass is 10.2. The number of non-ortho nitro benzene ring substituents is 1. The van der Waals surface area contributed by atoms with Crippen molar-refractivity contribution in [3.05, 3.63) is 62.7 Å². The zero-order valence-corrected chi connectivity index (χ0v) is 13.9. The first-order chi connectivity index (χ1) is 11.5. The molecule has 0 aliphatic heterocycles. The van der Waals surface area contributed by atoms with E-state index in [4.69, 9.17) is 21.1 Å². The van der Waals surface area contributed by atoms with E-state index in [0.29, 0.717) is 28.6 Å². The minimum atomic E-state index is -0.481. The molecule has 126 valence electrons. The topological polar surface area (TPSA) is 86.0 Å². The van der Waals surface area contributed by atoms with E-state index in [-0.39, 0.29) is 5.69 Å². The Bertz CT molecular complexity index is 765. The van der Waals surface area contributed by atoms with Gasteiger partial charge in [0.15, 0.2) is 11.5 Å². The highest BCUT2D eigenvalue weighted by Gasteiger charge is 2.08. The average Bonchev–Trinajstić information content (AvgIpc) is 2.59. The van der Waals surface area contributed by atoms with Crippen molar-refractivity contribution in [1.29, 1.82) is 0 Å². The highest BCUT2D eigenvalue weighted by Crippen LogP contribution is 2.27. The molecule has 0 atom stereocenters. The van der Waals surface area contributed by atoms with Gasteiger partial charge >= 0.3 is 0 Å². The van der Waals surface area contributed by atoms with Crippen LogP contribution in [-0.4, -0.2) is 25.4 Å². The third-order valence-corrected chi connectivity index (χ3v) is 3.56. The molecule has 0 radical (unpaired) electrons. The van der Waals surface area contributed by atoms with E-state index >= 15 is 0 Å². The Labute approximate surface area is 144 Å². The fourth-order valence-electron chi connectivity index (χ4n) is 1.99. The Kier molecular flexibility index (Phi) is 5.97.